The van der Waals surface area contributed by atoms with E-state index in [1.165, 1.54) is 11.1 Å². The van der Waals surface area contributed by atoms with E-state index in [-0.39, 0.29) is 17.5 Å². The van der Waals surface area contributed by atoms with Crippen LogP contribution in [0.2, 0.25) is 0 Å². The third kappa shape index (κ3) is 4.19. The highest BCUT2D eigenvalue weighted by atomic mass is 32.1. The van der Waals surface area contributed by atoms with Crippen LogP contribution in [0, 0.1) is 27.7 Å². The number of thiocarbonyl (C=S) groups is 1. The van der Waals surface area contributed by atoms with Crippen LogP contribution in [-0.4, -0.2) is 28.6 Å². The van der Waals surface area contributed by atoms with Crippen LogP contribution in [0.5, 0.6) is 0 Å². The zero-order chi connectivity index (χ0) is 21.0. The Balaban J connectivity index is 2.54. The van der Waals surface area contributed by atoms with Crippen LogP contribution < -0.4 is 0 Å². The molecule has 1 atom stereocenters. The van der Waals surface area contributed by atoms with Gasteiger partial charge in [-0.1, -0.05) is 30.7 Å². The predicted molar refractivity (Wildman–Crippen MR) is 119 cm³/mol. The molecule has 0 amide bonds. The zero-order valence-electron chi connectivity index (χ0n) is 17.8. The molecule has 0 aromatic heterocycles. The monoisotopic (exact) mass is 401 g/mol. The van der Waals surface area contributed by atoms with Crippen molar-refractivity contribution >= 4 is 29.1 Å². The van der Waals surface area contributed by atoms with E-state index in [2.05, 4.69) is 32.9 Å². The van der Waals surface area contributed by atoms with E-state index in [0.717, 1.165) is 28.7 Å². The van der Waals surface area contributed by atoms with Crippen LogP contribution in [0.3, 0.4) is 0 Å². The van der Waals surface area contributed by atoms with E-state index < -0.39 is 0 Å². The maximum absolute atomic E-state index is 13.0. The lowest BCUT2D eigenvalue weighted by Gasteiger charge is -2.29. The second kappa shape index (κ2) is 9.46. The molecule has 0 radical (unpaired) electrons. The van der Waals surface area contributed by atoms with Gasteiger partial charge in [0.15, 0.2) is 5.78 Å². The van der Waals surface area contributed by atoms with Crippen molar-refractivity contribution < 1.29 is 14.7 Å². The van der Waals surface area contributed by atoms with Gasteiger partial charge in [0.2, 0.25) is 0 Å². The fraction of sp³-hybridized carbons (Fsp3) is 0.522. The Morgan fingerprint density at radius 2 is 1.79 bits per heavy atom. The number of hydrogen-bond donors (Lipinski definition) is 1. The number of benzene rings is 1. The molecule has 1 N–H and O–H groups in total. The predicted octanol–water partition coefficient (Wildman–Crippen LogP) is 5.72. The lowest BCUT2D eigenvalue weighted by atomic mass is 9.75. The molecule has 0 saturated carbocycles. The minimum atomic E-state index is -0.0848. The lowest BCUT2D eigenvalue weighted by molar-refractivity contribution is -0.116. The first-order valence-electron chi connectivity index (χ1n) is 9.98. The summed E-state index contributed by atoms with van der Waals surface area (Å²) in [5.74, 6) is -0.0524. The minimum absolute atomic E-state index is 0.0775. The summed E-state index contributed by atoms with van der Waals surface area (Å²) in [6, 6.07) is 0. The van der Waals surface area contributed by atoms with Crippen molar-refractivity contribution in [1.82, 2.24) is 0 Å². The second-order valence-corrected chi connectivity index (χ2v) is 7.74. The third-order valence-corrected chi connectivity index (χ3v) is 6.07. The summed E-state index contributed by atoms with van der Waals surface area (Å²) in [5.41, 5.74) is 7.76. The molecule has 0 bridgehead atoms. The standard InChI is InChI=1S/C23H31NO3S/c1-7-9-19(24-27-8-2)23-20(25)10-17(11-21(23)26)22-16(6)14(4)13(3)15(5)18(22)12-28/h12,17,25H,7-11H2,1-6H3. The van der Waals surface area contributed by atoms with Gasteiger partial charge in [0.05, 0.1) is 11.3 Å². The molecule has 1 aromatic rings. The van der Waals surface area contributed by atoms with Gasteiger partial charge in [0.25, 0.3) is 0 Å². The number of ketones is 1. The van der Waals surface area contributed by atoms with Gasteiger partial charge >= 0.3 is 0 Å². The summed E-state index contributed by atoms with van der Waals surface area (Å²) in [5, 5.41) is 16.6. The number of rotatable bonds is 7. The van der Waals surface area contributed by atoms with E-state index in [4.69, 9.17) is 17.1 Å². The summed E-state index contributed by atoms with van der Waals surface area (Å²) >= 11 is 5.31. The maximum Gasteiger partial charge on any atom is 0.168 e. The molecule has 1 unspecified atom stereocenters. The van der Waals surface area contributed by atoms with Crippen LogP contribution in [0.25, 0.3) is 0 Å². The largest absolute Gasteiger partial charge is 0.511 e. The Labute approximate surface area is 173 Å². The van der Waals surface area contributed by atoms with Crippen molar-refractivity contribution in [2.75, 3.05) is 6.61 Å². The Hall–Kier alpha value is -2.01. The first kappa shape index (κ1) is 22.3. The number of allylic oxidation sites excluding steroid dienone is 2. The molecule has 0 heterocycles. The average molecular weight is 402 g/mol. The molecular weight excluding hydrogens is 370 g/mol. The molecule has 0 aliphatic heterocycles. The van der Waals surface area contributed by atoms with Crippen LogP contribution in [0.1, 0.15) is 78.8 Å². The quantitative estimate of drug-likeness (QED) is 0.361. The molecule has 1 aliphatic carbocycles. The fourth-order valence-electron chi connectivity index (χ4n) is 4.07. The van der Waals surface area contributed by atoms with Crippen LogP contribution in [-0.2, 0) is 9.63 Å². The van der Waals surface area contributed by atoms with Crippen molar-refractivity contribution in [2.24, 2.45) is 5.16 Å². The van der Waals surface area contributed by atoms with Gasteiger partial charge in [-0.2, -0.15) is 0 Å². The summed E-state index contributed by atoms with van der Waals surface area (Å²) < 4.78 is 0. The normalized spacial score (nSPS) is 17.9. The van der Waals surface area contributed by atoms with E-state index >= 15 is 0 Å². The molecule has 5 heteroatoms. The zero-order valence-corrected chi connectivity index (χ0v) is 18.6. The van der Waals surface area contributed by atoms with Crippen LogP contribution in [0.4, 0.5) is 0 Å². The third-order valence-electron chi connectivity index (χ3n) is 5.83. The number of nitrogens with zero attached hydrogens (tertiary/aromatic N) is 1. The summed E-state index contributed by atoms with van der Waals surface area (Å²) in [4.78, 5) is 18.2. The van der Waals surface area contributed by atoms with Gasteiger partial charge in [-0.15, -0.1) is 0 Å². The van der Waals surface area contributed by atoms with Crippen molar-refractivity contribution in [2.45, 2.75) is 73.1 Å². The molecular formula is C23H31NO3S. The highest BCUT2D eigenvalue weighted by Gasteiger charge is 2.33. The van der Waals surface area contributed by atoms with E-state index in [1.54, 1.807) is 5.37 Å². The fourth-order valence-corrected chi connectivity index (χ4v) is 4.37. The van der Waals surface area contributed by atoms with Gasteiger partial charge < -0.3 is 9.94 Å². The summed E-state index contributed by atoms with van der Waals surface area (Å²) in [6.07, 6.45) is 2.18. The van der Waals surface area contributed by atoms with Gasteiger partial charge in [0, 0.05) is 18.2 Å². The van der Waals surface area contributed by atoms with E-state index in [9.17, 15) is 9.90 Å². The van der Waals surface area contributed by atoms with E-state index in [0.29, 0.717) is 37.2 Å². The minimum Gasteiger partial charge on any atom is -0.511 e. The van der Waals surface area contributed by atoms with Crippen LogP contribution >= 0.6 is 12.2 Å². The summed E-state index contributed by atoms with van der Waals surface area (Å²) in [6.45, 7) is 12.7. The average Bonchev–Trinajstić information content (AvgIpc) is 2.66. The van der Waals surface area contributed by atoms with Crippen molar-refractivity contribution in [3.8, 4) is 0 Å². The Morgan fingerprint density at radius 1 is 1.14 bits per heavy atom. The Morgan fingerprint density at radius 3 is 2.32 bits per heavy atom. The molecule has 152 valence electrons. The van der Waals surface area contributed by atoms with Gasteiger partial charge in [0.1, 0.15) is 12.4 Å². The topological polar surface area (TPSA) is 58.9 Å². The highest BCUT2D eigenvalue weighted by molar-refractivity contribution is 7.79. The number of aliphatic hydroxyl groups excluding tert-OH is 1. The van der Waals surface area contributed by atoms with Crippen molar-refractivity contribution in [3.05, 3.63) is 44.7 Å². The Bertz CT molecular complexity index is 852. The number of Topliss-reactive ketones (excluding diaryl/α,β-unsaturated/α-hetero) is 1. The molecule has 2 rings (SSSR count). The second-order valence-electron chi connectivity index (χ2n) is 7.50. The van der Waals surface area contributed by atoms with Gasteiger partial charge in [-0.05, 0) is 80.3 Å². The highest BCUT2D eigenvalue weighted by Crippen LogP contribution is 2.40. The van der Waals surface area contributed by atoms with Gasteiger partial charge in [-0.25, -0.2) is 0 Å². The molecule has 1 aliphatic rings. The number of aliphatic hydroxyl groups is 1. The molecule has 0 fully saturated rings. The van der Waals surface area contributed by atoms with Gasteiger partial charge in [-0.3, -0.25) is 4.79 Å². The summed E-state index contributed by atoms with van der Waals surface area (Å²) in [7, 11) is 0. The molecule has 1 aromatic carbocycles. The van der Waals surface area contributed by atoms with Crippen LogP contribution in [0.15, 0.2) is 16.5 Å². The number of carbonyl (C=O) groups excluding carboxylic acids is 1. The number of hydrogen-bond acceptors (Lipinski definition) is 5. The Kier molecular flexibility index (Phi) is 7.53. The molecule has 0 saturated heterocycles. The first-order valence-corrected chi connectivity index (χ1v) is 10.4. The molecule has 4 nitrogen and oxygen atoms in total. The SMILES string of the molecule is CCCC(=NOCC)C1=C(O)CC(c2c(C)c(C)c(C)c(C)c2C=S)CC1=O. The first-order chi connectivity index (χ1) is 13.3. The number of carbonyl (C=O) groups is 1. The smallest absolute Gasteiger partial charge is 0.168 e. The van der Waals surface area contributed by atoms with Crippen molar-refractivity contribution in [3.63, 3.8) is 0 Å². The number of oxime groups is 1. The maximum atomic E-state index is 13.0. The molecule has 28 heavy (non-hydrogen) atoms. The van der Waals surface area contributed by atoms with E-state index in [1.807, 2.05) is 13.8 Å². The van der Waals surface area contributed by atoms with Crippen molar-refractivity contribution in [1.29, 1.82) is 0 Å². The lowest BCUT2D eigenvalue weighted by Crippen LogP contribution is -2.25. The molecule has 0 spiro atoms.